The molecule has 1 aliphatic heterocycles. The molecule has 1 aromatic carbocycles. The van der Waals surface area contributed by atoms with E-state index in [0.29, 0.717) is 6.54 Å². The maximum atomic E-state index is 12.6. The molecule has 4 heteroatoms. The van der Waals surface area contributed by atoms with Crippen LogP contribution in [0.15, 0.2) is 35.4 Å². The van der Waals surface area contributed by atoms with Crippen molar-refractivity contribution in [3.05, 3.63) is 41.0 Å². The molecular formula is C16H22N2O2. The second kappa shape index (κ2) is 6.09. The largest absolute Gasteiger partial charge is 0.508 e. The first-order chi connectivity index (χ1) is 9.54. The van der Waals surface area contributed by atoms with E-state index in [1.807, 2.05) is 31.7 Å². The van der Waals surface area contributed by atoms with Crippen LogP contribution in [-0.4, -0.2) is 35.5 Å². The fourth-order valence-electron chi connectivity index (χ4n) is 2.44. The molecule has 1 unspecified atom stereocenters. The minimum absolute atomic E-state index is 0.0526. The van der Waals surface area contributed by atoms with Gasteiger partial charge in [-0.3, -0.25) is 4.79 Å². The Morgan fingerprint density at radius 2 is 2.15 bits per heavy atom. The lowest BCUT2D eigenvalue weighted by atomic mass is 10.0. The van der Waals surface area contributed by atoms with Crippen LogP contribution in [0.4, 0.5) is 0 Å². The van der Waals surface area contributed by atoms with Crippen molar-refractivity contribution in [3.8, 4) is 5.75 Å². The lowest BCUT2D eigenvalue weighted by Crippen LogP contribution is -2.40. The number of likely N-dealkylation sites (N-methyl/N-ethyl adjacent to an activating group) is 1. The van der Waals surface area contributed by atoms with E-state index in [0.717, 1.165) is 24.2 Å². The number of hydrogen-bond donors (Lipinski definition) is 2. The van der Waals surface area contributed by atoms with Gasteiger partial charge in [-0.1, -0.05) is 12.1 Å². The van der Waals surface area contributed by atoms with Gasteiger partial charge in [-0.15, -0.1) is 0 Å². The summed E-state index contributed by atoms with van der Waals surface area (Å²) in [4.78, 5) is 14.4. The highest BCUT2D eigenvalue weighted by molar-refractivity contribution is 5.94. The van der Waals surface area contributed by atoms with Crippen molar-refractivity contribution in [3.63, 3.8) is 0 Å². The molecule has 1 aromatic rings. The van der Waals surface area contributed by atoms with Crippen LogP contribution in [0.2, 0.25) is 0 Å². The van der Waals surface area contributed by atoms with Crippen LogP contribution in [-0.2, 0) is 4.79 Å². The number of carbonyl (C=O) groups excluding carboxylic acids is 1. The zero-order chi connectivity index (χ0) is 14.7. The van der Waals surface area contributed by atoms with Gasteiger partial charge in [-0.25, -0.2) is 0 Å². The lowest BCUT2D eigenvalue weighted by molar-refractivity contribution is -0.129. The average Bonchev–Trinajstić information content (AvgIpc) is 2.37. The van der Waals surface area contributed by atoms with Crippen LogP contribution >= 0.6 is 0 Å². The quantitative estimate of drug-likeness (QED) is 0.828. The molecule has 0 bridgehead atoms. The first kappa shape index (κ1) is 14.6. The van der Waals surface area contributed by atoms with Gasteiger partial charge in [0.2, 0.25) is 5.91 Å². The Bertz CT molecular complexity index is 531. The van der Waals surface area contributed by atoms with Crippen molar-refractivity contribution < 1.29 is 9.90 Å². The molecule has 2 N–H and O–H groups in total. The molecule has 1 saturated heterocycles. The zero-order valence-corrected chi connectivity index (χ0v) is 12.3. The first-order valence-electron chi connectivity index (χ1n) is 7.03. The molecule has 0 spiro atoms. The van der Waals surface area contributed by atoms with E-state index in [4.69, 9.17) is 0 Å². The molecule has 0 saturated carbocycles. The predicted molar refractivity (Wildman–Crippen MR) is 79.5 cm³/mol. The second-order valence-electron chi connectivity index (χ2n) is 5.19. The molecule has 1 amide bonds. The summed E-state index contributed by atoms with van der Waals surface area (Å²) in [6.07, 6.45) is 0. The van der Waals surface area contributed by atoms with Crippen LogP contribution in [0.3, 0.4) is 0 Å². The van der Waals surface area contributed by atoms with E-state index in [2.05, 4.69) is 5.32 Å². The number of nitrogens with zero attached hydrogens (tertiary/aromatic N) is 1. The Hall–Kier alpha value is -1.81. The Labute approximate surface area is 120 Å². The monoisotopic (exact) mass is 274 g/mol. The number of nitrogens with one attached hydrogen (secondary N) is 1. The summed E-state index contributed by atoms with van der Waals surface area (Å²) in [6.45, 7) is 8.15. The molecule has 20 heavy (non-hydrogen) atoms. The molecule has 2 rings (SSSR count). The second-order valence-corrected chi connectivity index (χ2v) is 5.19. The molecule has 0 aliphatic carbocycles. The molecule has 0 radical (unpaired) electrons. The SMILES string of the molecule is CCN(C(=O)C(C)=C1CNC1)C(C)c1cccc(O)c1. The van der Waals surface area contributed by atoms with Gasteiger partial charge in [0.05, 0.1) is 6.04 Å². The number of rotatable bonds is 4. The van der Waals surface area contributed by atoms with Crippen LogP contribution in [0.5, 0.6) is 5.75 Å². The standard InChI is InChI=1S/C16H22N2O2/c1-4-18(16(20)11(2)14-9-17-10-14)12(3)13-6-5-7-15(19)8-13/h5-8,12,17,19H,4,9-10H2,1-3H3. The Kier molecular flexibility index (Phi) is 4.45. The molecule has 1 atom stereocenters. The summed E-state index contributed by atoms with van der Waals surface area (Å²) >= 11 is 0. The van der Waals surface area contributed by atoms with Crippen LogP contribution in [0, 0.1) is 0 Å². The van der Waals surface area contributed by atoms with Gasteiger partial charge in [-0.2, -0.15) is 0 Å². The highest BCUT2D eigenvalue weighted by atomic mass is 16.3. The maximum absolute atomic E-state index is 12.6. The lowest BCUT2D eigenvalue weighted by Gasteiger charge is -2.31. The minimum atomic E-state index is -0.0526. The molecule has 1 heterocycles. The topological polar surface area (TPSA) is 52.6 Å². The number of amides is 1. The number of hydrogen-bond acceptors (Lipinski definition) is 3. The van der Waals surface area contributed by atoms with Crippen molar-refractivity contribution in [1.29, 1.82) is 0 Å². The summed E-state index contributed by atoms with van der Waals surface area (Å²) < 4.78 is 0. The van der Waals surface area contributed by atoms with Gasteiger partial charge in [0, 0.05) is 25.2 Å². The number of phenols is 1. The van der Waals surface area contributed by atoms with E-state index in [9.17, 15) is 9.90 Å². The van der Waals surface area contributed by atoms with E-state index < -0.39 is 0 Å². The van der Waals surface area contributed by atoms with Crippen molar-refractivity contribution >= 4 is 5.91 Å². The van der Waals surface area contributed by atoms with Gasteiger partial charge in [0.15, 0.2) is 0 Å². The smallest absolute Gasteiger partial charge is 0.250 e. The highest BCUT2D eigenvalue weighted by Gasteiger charge is 2.24. The van der Waals surface area contributed by atoms with E-state index in [1.165, 1.54) is 5.57 Å². The summed E-state index contributed by atoms with van der Waals surface area (Å²) in [5.74, 6) is 0.316. The fourth-order valence-corrected chi connectivity index (χ4v) is 2.44. The van der Waals surface area contributed by atoms with Crippen LogP contribution < -0.4 is 5.32 Å². The average molecular weight is 274 g/mol. The van der Waals surface area contributed by atoms with E-state index >= 15 is 0 Å². The van der Waals surface area contributed by atoms with Crippen molar-refractivity contribution in [2.75, 3.05) is 19.6 Å². The highest BCUT2D eigenvalue weighted by Crippen LogP contribution is 2.25. The van der Waals surface area contributed by atoms with Crippen molar-refractivity contribution in [1.82, 2.24) is 10.2 Å². The minimum Gasteiger partial charge on any atom is -0.508 e. The maximum Gasteiger partial charge on any atom is 0.250 e. The number of phenolic OH excluding ortho intramolecular Hbond substituents is 1. The third-order valence-electron chi connectivity index (χ3n) is 3.95. The Morgan fingerprint density at radius 1 is 1.45 bits per heavy atom. The molecule has 4 nitrogen and oxygen atoms in total. The number of aromatic hydroxyl groups is 1. The molecule has 108 valence electrons. The van der Waals surface area contributed by atoms with Gasteiger partial charge < -0.3 is 15.3 Å². The normalized spacial score (nSPS) is 15.4. The molecule has 1 aliphatic rings. The molecule has 0 aromatic heterocycles. The van der Waals surface area contributed by atoms with Crippen LogP contribution in [0.1, 0.15) is 32.4 Å². The third-order valence-corrected chi connectivity index (χ3v) is 3.95. The third kappa shape index (κ3) is 2.85. The Balaban J connectivity index is 2.21. The molecule has 1 fully saturated rings. The number of carbonyl (C=O) groups is 1. The van der Waals surface area contributed by atoms with Gasteiger partial charge in [-0.05, 0) is 44.0 Å². The first-order valence-corrected chi connectivity index (χ1v) is 7.03. The molecular weight excluding hydrogens is 252 g/mol. The predicted octanol–water partition coefficient (Wildman–Crippen LogP) is 2.22. The summed E-state index contributed by atoms with van der Waals surface area (Å²) in [7, 11) is 0. The summed E-state index contributed by atoms with van der Waals surface area (Å²) in [5, 5.41) is 12.7. The van der Waals surface area contributed by atoms with Crippen molar-refractivity contribution in [2.45, 2.75) is 26.8 Å². The van der Waals surface area contributed by atoms with Gasteiger partial charge in [0.1, 0.15) is 5.75 Å². The summed E-state index contributed by atoms with van der Waals surface area (Å²) in [6, 6.07) is 7.05. The van der Waals surface area contributed by atoms with Gasteiger partial charge >= 0.3 is 0 Å². The fraction of sp³-hybridized carbons (Fsp3) is 0.438. The number of benzene rings is 1. The zero-order valence-electron chi connectivity index (χ0n) is 12.3. The van der Waals surface area contributed by atoms with E-state index in [1.54, 1.807) is 18.2 Å². The summed E-state index contributed by atoms with van der Waals surface area (Å²) in [5.41, 5.74) is 2.99. The van der Waals surface area contributed by atoms with Crippen molar-refractivity contribution in [2.24, 2.45) is 0 Å². The van der Waals surface area contributed by atoms with Gasteiger partial charge in [0.25, 0.3) is 0 Å². The Morgan fingerprint density at radius 3 is 2.65 bits per heavy atom. The van der Waals surface area contributed by atoms with E-state index in [-0.39, 0.29) is 17.7 Å². The van der Waals surface area contributed by atoms with Crippen LogP contribution in [0.25, 0.3) is 0 Å².